The molecule has 1 aromatic carbocycles. The lowest BCUT2D eigenvalue weighted by Gasteiger charge is -2.56. The Balaban J connectivity index is 1.65. The molecule has 0 amide bonds. The van der Waals surface area contributed by atoms with Crippen molar-refractivity contribution in [3.05, 3.63) is 34.9 Å². The van der Waals surface area contributed by atoms with Gasteiger partial charge in [-0.25, -0.2) is 0 Å². The number of hydrazine groups is 1. The SMILES string of the molecule is Cc1ccc(C(NN)C2C3CC4CC(C3)CC2C4)cc1C. The Hall–Kier alpha value is -0.860. The van der Waals surface area contributed by atoms with Crippen LogP contribution in [0.4, 0.5) is 0 Å². The van der Waals surface area contributed by atoms with Crippen LogP contribution in [0.15, 0.2) is 18.2 Å². The van der Waals surface area contributed by atoms with E-state index in [1.54, 1.807) is 0 Å². The topological polar surface area (TPSA) is 38.0 Å². The monoisotopic (exact) mass is 284 g/mol. The molecule has 2 heteroatoms. The molecule has 0 aromatic heterocycles. The highest BCUT2D eigenvalue weighted by molar-refractivity contribution is 5.32. The summed E-state index contributed by atoms with van der Waals surface area (Å²) in [6.45, 7) is 4.40. The molecule has 1 atom stereocenters. The lowest BCUT2D eigenvalue weighted by molar-refractivity contribution is -0.0525. The van der Waals surface area contributed by atoms with Crippen molar-refractivity contribution in [1.82, 2.24) is 5.43 Å². The first-order valence-electron chi connectivity index (χ1n) is 8.69. The highest BCUT2D eigenvalue weighted by Crippen LogP contribution is 2.59. The summed E-state index contributed by atoms with van der Waals surface area (Å²) in [7, 11) is 0. The third-order valence-corrected chi connectivity index (χ3v) is 6.75. The van der Waals surface area contributed by atoms with Crippen LogP contribution in [-0.4, -0.2) is 0 Å². The average Bonchev–Trinajstić information content (AvgIpc) is 2.45. The largest absolute Gasteiger partial charge is 0.271 e. The summed E-state index contributed by atoms with van der Waals surface area (Å²) in [5, 5.41) is 0. The minimum Gasteiger partial charge on any atom is -0.271 e. The maximum Gasteiger partial charge on any atom is 0.0493 e. The summed E-state index contributed by atoms with van der Waals surface area (Å²) in [6.07, 6.45) is 7.35. The maximum atomic E-state index is 6.02. The highest BCUT2D eigenvalue weighted by Gasteiger charge is 2.50. The number of nitrogens with two attached hydrogens (primary N) is 1. The smallest absolute Gasteiger partial charge is 0.0493 e. The molecule has 21 heavy (non-hydrogen) atoms. The van der Waals surface area contributed by atoms with Gasteiger partial charge in [-0.3, -0.25) is 11.3 Å². The summed E-state index contributed by atoms with van der Waals surface area (Å²) in [5.74, 6) is 10.6. The fourth-order valence-corrected chi connectivity index (χ4v) is 5.90. The van der Waals surface area contributed by atoms with Crippen molar-refractivity contribution in [2.75, 3.05) is 0 Å². The molecule has 0 radical (unpaired) electrons. The second-order valence-corrected chi connectivity index (χ2v) is 8.00. The molecule has 1 unspecified atom stereocenters. The molecule has 4 fully saturated rings. The zero-order chi connectivity index (χ0) is 14.6. The van der Waals surface area contributed by atoms with Crippen LogP contribution >= 0.6 is 0 Å². The van der Waals surface area contributed by atoms with Gasteiger partial charge in [0.05, 0.1) is 0 Å². The molecule has 2 nitrogen and oxygen atoms in total. The third-order valence-electron chi connectivity index (χ3n) is 6.75. The van der Waals surface area contributed by atoms with Crippen LogP contribution in [0.5, 0.6) is 0 Å². The first-order chi connectivity index (χ1) is 10.2. The summed E-state index contributed by atoms with van der Waals surface area (Å²) in [5.41, 5.74) is 7.35. The molecular formula is C19H28N2. The molecule has 3 N–H and O–H groups in total. The van der Waals surface area contributed by atoms with Gasteiger partial charge in [0.15, 0.2) is 0 Å². The van der Waals surface area contributed by atoms with Gasteiger partial charge >= 0.3 is 0 Å². The van der Waals surface area contributed by atoms with E-state index in [2.05, 4.69) is 37.5 Å². The van der Waals surface area contributed by atoms with E-state index in [1.165, 1.54) is 48.8 Å². The van der Waals surface area contributed by atoms with E-state index in [-0.39, 0.29) is 0 Å². The summed E-state index contributed by atoms with van der Waals surface area (Å²) in [4.78, 5) is 0. The lowest BCUT2D eigenvalue weighted by Crippen LogP contribution is -2.50. The Kier molecular flexibility index (Phi) is 3.35. The molecule has 4 aliphatic carbocycles. The normalized spacial score (nSPS) is 38.7. The summed E-state index contributed by atoms with van der Waals surface area (Å²) >= 11 is 0. The molecule has 114 valence electrons. The van der Waals surface area contributed by atoms with Crippen LogP contribution < -0.4 is 11.3 Å². The molecule has 0 aliphatic heterocycles. The van der Waals surface area contributed by atoms with E-state index in [0.29, 0.717) is 6.04 Å². The fraction of sp³-hybridized carbons (Fsp3) is 0.684. The average molecular weight is 284 g/mol. The van der Waals surface area contributed by atoms with Crippen LogP contribution in [0.25, 0.3) is 0 Å². The first-order valence-corrected chi connectivity index (χ1v) is 8.69. The maximum absolute atomic E-state index is 6.02. The minimum atomic E-state index is 0.347. The molecule has 0 heterocycles. The zero-order valence-corrected chi connectivity index (χ0v) is 13.3. The predicted octanol–water partition coefficient (Wildman–Crippen LogP) is 3.88. The number of benzene rings is 1. The van der Waals surface area contributed by atoms with Gasteiger partial charge in [-0.2, -0.15) is 0 Å². The van der Waals surface area contributed by atoms with Crippen molar-refractivity contribution in [3.8, 4) is 0 Å². The number of nitrogens with one attached hydrogen (secondary N) is 1. The van der Waals surface area contributed by atoms with Crippen molar-refractivity contribution in [2.45, 2.75) is 52.0 Å². The van der Waals surface area contributed by atoms with Gasteiger partial charge in [0.1, 0.15) is 0 Å². The quantitative estimate of drug-likeness (QED) is 0.653. The van der Waals surface area contributed by atoms with Crippen LogP contribution in [0.2, 0.25) is 0 Å². The van der Waals surface area contributed by atoms with E-state index < -0.39 is 0 Å². The molecule has 1 aromatic rings. The number of aryl methyl sites for hydroxylation is 2. The summed E-state index contributed by atoms with van der Waals surface area (Å²) < 4.78 is 0. The van der Waals surface area contributed by atoms with E-state index in [9.17, 15) is 0 Å². The molecule has 5 rings (SSSR count). The Morgan fingerprint density at radius 2 is 1.57 bits per heavy atom. The van der Waals surface area contributed by atoms with Crippen molar-refractivity contribution >= 4 is 0 Å². The summed E-state index contributed by atoms with van der Waals surface area (Å²) in [6, 6.07) is 7.24. The number of hydrogen-bond donors (Lipinski definition) is 2. The Morgan fingerprint density at radius 1 is 0.952 bits per heavy atom. The molecule has 4 aliphatic rings. The van der Waals surface area contributed by atoms with Crippen LogP contribution in [0.3, 0.4) is 0 Å². The number of hydrogen-bond acceptors (Lipinski definition) is 2. The molecular weight excluding hydrogens is 256 g/mol. The van der Waals surface area contributed by atoms with Crippen LogP contribution in [-0.2, 0) is 0 Å². The standard InChI is InChI=1S/C19H28N2/c1-11-3-4-15(5-12(11)2)19(21-20)18-16-7-13-6-14(9-16)10-17(18)8-13/h3-5,13-14,16-19,21H,6-10,20H2,1-2H3. The number of rotatable bonds is 3. The van der Waals surface area contributed by atoms with Gasteiger partial charge < -0.3 is 0 Å². The molecule has 0 saturated heterocycles. The van der Waals surface area contributed by atoms with Crippen molar-refractivity contribution < 1.29 is 0 Å². The Morgan fingerprint density at radius 3 is 2.10 bits per heavy atom. The minimum absolute atomic E-state index is 0.347. The fourth-order valence-electron chi connectivity index (χ4n) is 5.90. The zero-order valence-electron chi connectivity index (χ0n) is 13.3. The molecule has 4 saturated carbocycles. The van der Waals surface area contributed by atoms with E-state index in [0.717, 1.165) is 29.6 Å². The van der Waals surface area contributed by atoms with Crippen molar-refractivity contribution in [3.63, 3.8) is 0 Å². The van der Waals surface area contributed by atoms with Crippen molar-refractivity contribution in [1.29, 1.82) is 0 Å². The second kappa shape index (κ2) is 5.10. The molecule has 0 spiro atoms. The van der Waals surface area contributed by atoms with E-state index in [4.69, 9.17) is 5.84 Å². The molecule has 4 bridgehead atoms. The van der Waals surface area contributed by atoms with E-state index in [1.807, 2.05) is 0 Å². The van der Waals surface area contributed by atoms with Gasteiger partial charge in [0.25, 0.3) is 0 Å². The predicted molar refractivity (Wildman–Crippen MR) is 86.5 cm³/mol. The second-order valence-electron chi connectivity index (χ2n) is 8.00. The Bertz CT molecular complexity index is 508. The van der Waals surface area contributed by atoms with Gasteiger partial charge in [0, 0.05) is 6.04 Å². The third kappa shape index (κ3) is 2.24. The van der Waals surface area contributed by atoms with Gasteiger partial charge in [-0.15, -0.1) is 0 Å². The van der Waals surface area contributed by atoms with Crippen molar-refractivity contribution in [2.24, 2.45) is 35.4 Å². The van der Waals surface area contributed by atoms with Crippen LogP contribution in [0, 0.1) is 43.4 Å². The van der Waals surface area contributed by atoms with Gasteiger partial charge in [0.2, 0.25) is 0 Å². The van der Waals surface area contributed by atoms with E-state index >= 15 is 0 Å². The van der Waals surface area contributed by atoms with Crippen LogP contribution in [0.1, 0.15) is 54.8 Å². The Labute approximate surface area is 128 Å². The van der Waals surface area contributed by atoms with Gasteiger partial charge in [-0.05, 0) is 92.2 Å². The lowest BCUT2D eigenvalue weighted by atomic mass is 9.50. The van der Waals surface area contributed by atoms with Gasteiger partial charge in [-0.1, -0.05) is 18.2 Å². The first kappa shape index (κ1) is 13.8. The highest BCUT2D eigenvalue weighted by atomic mass is 15.2.